The van der Waals surface area contributed by atoms with E-state index >= 15 is 0 Å². The average Bonchev–Trinajstić information content (AvgIpc) is 2.84. The number of fused-ring (bicyclic) bond motifs is 1. The fourth-order valence-electron chi connectivity index (χ4n) is 4.44. The second-order valence-corrected chi connectivity index (χ2v) is 8.20. The van der Waals surface area contributed by atoms with E-state index in [9.17, 15) is 0 Å². The normalized spacial score (nSPS) is 14.6. The van der Waals surface area contributed by atoms with Gasteiger partial charge in [-0.05, 0) is 28.5 Å². The molecule has 0 aromatic heterocycles. The largest absolute Gasteiger partial charge is 0.369 e. The number of hydrogen-bond acceptors (Lipinski definition) is 3. The molecule has 3 nitrogen and oxygen atoms in total. The van der Waals surface area contributed by atoms with Crippen LogP contribution in [0.3, 0.4) is 0 Å². The first-order chi connectivity index (χ1) is 15.3. The van der Waals surface area contributed by atoms with Crippen molar-refractivity contribution in [3.8, 4) is 0 Å². The summed E-state index contributed by atoms with van der Waals surface area (Å²) in [6.45, 7) is 5.24. The maximum absolute atomic E-state index is 8.78. The lowest BCUT2D eigenvalue weighted by Crippen LogP contribution is -2.45. The molecule has 0 radical (unpaired) electrons. The molecular weight excluding hydrogens is 378 g/mol. The van der Waals surface area contributed by atoms with Gasteiger partial charge in [0.2, 0.25) is 0 Å². The fraction of sp³-hybridized carbons (Fsp3) is 0.179. The predicted molar refractivity (Wildman–Crippen MR) is 130 cm³/mol. The van der Waals surface area contributed by atoms with Gasteiger partial charge in [-0.3, -0.25) is 10.3 Å². The third-order valence-electron chi connectivity index (χ3n) is 6.20. The number of anilines is 1. The Balaban J connectivity index is 1.26. The molecule has 1 N–H and O–H groups in total. The lowest BCUT2D eigenvalue weighted by Gasteiger charge is -2.36. The minimum absolute atomic E-state index is 0.580. The lowest BCUT2D eigenvalue weighted by molar-refractivity contribution is 0.250. The van der Waals surface area contributed by atoms with Crippen LogP contribution in [-0.2, 0) is 6.54 Å². The molecule has 0 amide bonds. The van der Waals surface area contributed by atoms with Crippen molar-refractivity contribution in [2.24, 2.45) is 0 Å². The van der Waals surface area contributed by atoms with Gasteiger partial charge in [-0.2, -0.15) is 0 Å². The molecule has 0 saturated carbocycles. The molecule has 0 spiro atoms. The summed E-state index contributed by atoms with van der Waals surface area (Å²) in [5, 5.41) is 11.1. The van der Waals surface area contributed by atoms with Crippen LogP contribution in [-0.4, -0.2) is 36.8 Å². The summed E-state index contributed by atoms with van der Waals surface area (Å²) >= 11 is 0. The Bertz CT molecular complexity index is 1170. The van der Waals surface area contributed by atoms with Gasteiger partial charge in [0.25, 0.3) is 0 Å². The molecule has 1 saturated heterocycles. The van der Waals surface area contributed by atoms with Gasteiger partial charge in [0.15, 0.2) is 0 Å². The van der Waals surface area contributed by atoms with E-state index in [0.29, 0.717) is 5.71 Å². The van der Waals surface area contributed by atoms with Crippen LogP contribution in [0.25, 0.3) is 10.8 Å². The number of nitrogens with zero attached hydrogens (tertiary/aromatic N) is 2. The second kappa shape index (κ2) is 8.75. The minimum atomic E-state index is 0.580. The highest BCUT2D eigenvalue weighted by Gasteiger charge is 2.17. The van der Waals surface area contributed by atoms with Crippen LogP contribution in [0.1, 0.15) is 16.7 Å². The maximum Gasteiger partial charge on any atom is 0.0690 e. The summed E-state index contributed by atoms with van der Waals surface area (Å²) in [5.74, 6) is 0. The van der Waals surface area contributed by atoms with Crippen LogP contribution in [0, 0.1) is 5.41 Å². The first kappa shape index (κ1) is 19.5. The van der Waals surface area contributed by atoms with Gasteiger partial charge in [-0.1, -0.05) is 84.9 Å². The van der Waals surface area contributed by atoms with E-state index < -0.39 is 0 Å². The Kier molecular flexibility index (Phi) is 5.51. The Labute approximate surface area is 184 Å². The van der Waals surface area contributed by atoms with Crippen molar-refractivity contribution in [2.45, 2.75) is 6.54 Å². The van der Waals surface area contributed by atoms with Crippen LogP contribution in [0.5, 0.6) is 0 Å². The Morgan fingerprint density at radius 1 is 0.677 bits per heavy atom. The molecule has 0 atom stereocenters. The van der Waals surface area contributed by atoms with Gasteiger partial charge < -0.3 is 4.90 Å². The van der Waals surface area contributed by atoms with Crippen molar-refractivity contribution in [2.75, 3.05) is 31.1 Å². The van der Waals surface area contributed by atoms with Gasteiger partial charge in [0.1, 0.15) is 0 Å². The van der Waals surface area contributed by atoms with E-state index in [1.807, 2.05) is 24.3 Å². The number of hydrogen-bond donors (Lipinski definition) is 1. The topological polar surface area (TPSA) is 30.3 Å². The molecular formula is C28H27N3. The van der Waals surface area contributed by atoms with Gasteiger partial charge in [0.05, 0.1) is 5.71 Å². The Morgan fingerprint density at radius 3 is 2.13 bits per heavy atom. The first-order valence-corrected chi connectivity index (χ1v) is 11.0. The molecule has 5 rings (SSSR count). The van der Waals surface area contributed by atoms with E-state index in [4.69, 9.17) is 5.41 Å². The second-order valence-electron chi connectivity index (χ2n) is 8.20. The monoisotopic (exact) mass is 405 g/mol. The third kappa shape index (κ3) is 4.23. The molecule has 4 aromatic carbocycles. The van der Waals surface area contributed by atoms with E-state index in [1.54, 1.807) is 0 Å². The predicted octanol–water partition coefficient (Wildman–Crippen LogP) is 5.58. The van der Waals surface area contributed by atoms with Crippen LogP contribution < -0.4 is 4.90 Å². The standard InChI is InChI=1S/C28H27N3/c29-28(27-12-6-10-23-9-4-5-11-26(23)27)24-13-15-25(16-14-24)31-19-17-30(18-20-31)21-22-7-2-1-3-8-22/h1-16,29H,17-21H2. The van der Waals surface area contributed by atoms with Crippen LogP contribution >= 0.6 is 0 Å². The van der Waals surface area contributed by atoms with E-state index in [-0.39, 0.29) is 0 Å². The molecule has 4 aromatic rings. The van der Waals surface area contributed by atoms with Crippen LogP contribution in [0.4, 0.5) is 5.69 Å². The summed E-state index contributed by atoms with van der Waals surface area (Å²) in [4.78, 5) is 4.98. The molecule has 0 unspecified atom stereocenters. The van der Waals surface area contributed by atoms with Crippen molar-refractivity contribution in [3.63, 3.8) is 0 Å². The minimum Gasteiger partial charge on any atom is -0.369 e. The number of rotatable bonds is 5. The highest BCUT2D eigenvalue weighted by molar-refractivity contribution is 6.17. The highest BCUT2D eigenvalue weighted by atomic mass is 15.3. The number of nitrogens with one attached hydrogen (secondary N) is 1. The highest BCUT2D eigenvalue weighted by Crippen LogP contribution is 2.23. The van der Waals surface area contributed by atoms with Crippen molar-refractivity contribution in [1.82, 2.24) is 4.90 Å². The summed E-state index contributed by atoms with van der Waals surface area (Å²) in [5.41, 5.74) is 5.15. The lowest BCUT2D eigenvalue weighted by atomic mass is 9.96. The van der Waals surface area contributed by atoms with Gasteiger partial charge in [-0.25, -0.2) is 0 Å². The Hall–Kier alpha value is -3.43. The zero-order valence-corrected chi connectivity index (χ0v) is 17.7. The molecule has 1 heterocycles. The fourth-order valence-corrected chi connectivity index (χ4v) is 4.44. The van der Waals surface area contributed by atoms with Crippen molar-refractivity contribution < 1.29 is 0 Å². The van der Waals surface area contributed by atoms with E-state index in [2.05, 4.69) is 82.6 Å². The summed E-state index contributed by atoms with van der Waals surface area (Å²) in [6.07, 6.45) is 0. The first-order valence-electron chi connectivity index (χ1n) is 11.0. The van der Waals surface area contributed by atoms with E-state index in [0.717, 1.165) is 49.2 Å². The van der Waals surface area contributed by atoms with Crippen molar-refractivity contribution >= 4 is 22.2 Å². The smallest absolute Gasteiger partial charge is 0.0690 e. The van der Waals surface area contributed by atoms with Gasteiger partial charge >= 0.3 is 0 Å². The Morgan fingerprint density at radius 2 is 1.35 bits per heavy atom. The third-order valence-corrected chi connectivity index (χ3v) is 6.20. The van der Waals surface area contributed by atoms with Crippen molar-refractivity contribution in [1.29, 1.82) is 5.41 Å². The molecule has 0 aliphatic carbocycles. The molecule has 31 heavy (non-hydrogen) atoms. The number of benzene rings is 4. The molecule has 0 bridgehead atoms. The zero-order valence-electron chi connectivity index (χ0n) is 17.7. The average molecular weight is 406 g/mol. The maximum atomic E-state index is 8.78. The zero-order chi connectivity index (χ0) is 21.0. The molecule has 1 aliphatic heterocycles. The SMILES string of the molecule is N=C(c1ccc(N2CCN(Cc3ccccc3)CC2)cc1)c1cccc2ccccc12. The van der Waals surface area contributed by atoms with Gasteiger partial charge in [0, 0.05) is 49.5 Å². The van der Waals surface area contributed by atoms with E-state index in [1.165, 1.54) is 16.6 Å². The molecule has 1 aliphatic rings. The quantitative estimate of drug-likeness (QED) is 0.440. The van der Waals surface area contributed by atoms with Crippen LogP contribution in [0.15, 0.2) is 97.1 Å². The summed E-state index contributed by atoms with van der Waals surface area (Å²) < 4.78 is 0. The van der Waals surface area contributed by atoms with Crippen molar-refractivity contribution in [3.05, 3.63) is 114 Å². The van der Waals surface area contributed by atoms with Crippen LogP contribution in [0.2, 0.25) is 0 Å². The molecule has 1 fully saturated rings. The van der Waals surface area contributed by atoms with Gasteiger partial charge in [-0.15, -0.1) is 0 Å². The summed E-state index contributed by atoms with van der Waals surface area (Å²) in [6, 6.07) is 33.7. The molecule has 3 heteroatoms. The molecule has 154 valence electrons. The number of piperazine rings is 1. The summed E-state index contributed by atoms with van der Waals surface area (Å²) in [7, 11) is 0.